The van der Waals surface area contributed by atoms with Gasteiger partial charge in [0.05, 0.1) is 23.2 Å². The van der Waals surface area contributed by atoms with Gasteiger partial charge >= 0.3 is 12.2 Å². The van der Waals surface area contributed by atoms with E-state index in [2.05, 4.69) is 15.4 Å². The van der Waals surface area contributed by atoms with Crippen LogP contribution in [0.25, 0.3) is 11.1 Å². The van der Waals surface area contributed by atoms with Crippen LogP contribution in [-0.4, -0.2) is 39.2 Å². The highest BCUT2D eigenvalue weighted by Crippen LogP contribution is 2.37. The quantitative estimate of drug-likeness (QED) is 0.296. The molecule has 13 heteroatoms. The topological polar surface area (TPSA) is 108 Å². The number of hydrogen-bond donors (Lipinski definition) is 3. The number of nitrogens with one attached hydrogen (secondary N) is 3. The molecule has 41 heavy (non-hydrogen) atoms. The van der Waals surface area contributed by atoms with Crippen LogP contribution in [0.4, 0.5) is 39.4 Å². The molecule has 0 unspecified atom stereocenters. The summed E-state index contributed by atoms with van der Waals surface area (Å²) in [7, 11) is -3.52. The van der Waals surface area contributed by atoms with Crippen molar-refractivity contribution in [2.45, 2.75) is 38.4 Å². The maximum atomic E-state index is 14.1. The second kappa shape index (κ2) is 11.4. The molecule has 1 aliphatic rings. The van der Waals surface area contributed by atoms with Gasteiger partial charge in [-0.25, -0.2) is 17.6 Å². The van der Waals surface area contributed by atoms with E-state index in [1.165, 1.54) is 4.90 Å². The molecule has 1 atom stereocenters. The summed E-state index contributed by atoms with van der Waals surface area (Å²) in [5.41, 5.74) is 1.61. The Balaban J connectivity index is 1.52. The van der Waals surface area contributed by atoms with E-state index < -0.39 is 51.2 Å². The summed E-state index contributed by atoms with van der Waals surface area (Å²) < 4.78 is 78.7. The highest BCUT2D eigenvalue weighted by atomic mass is 32.2. The fourth-order valence-electron chi connectivity index (χ4n) is 4.62. The van der Waals surface area contributed by atoms with Crippen molar-refractivity contribution in [2.24, 2.45) is 0 Å². The van der Waals surface area contributed by atoms with Crippen molar-refractivity contribution >= 4 is 39.0 Å². The predicted octanol–water partition coefficient (Wildman–Crippen LogP) is 5.93. The molecule has 218 valence electrons. The van der Waals surface area contributed by atoms with Gasteiger partial charge in [-0.15, -0.1) is 0 Å². The first-order valence-corrected chi connectivity index (χ1v) is 14.5. The lowest BCUT2D eigenvalue weighted by atomic mass is 9.94. The molecule has 1 saturated heterocycles. The molecular formula is C28H28F4N4O4S. The highest BCUT2D eigenvalue weighted by molar-refractivity contribution is 7.92. The van der Waals surface area contributed by atoms with Crippen LogP contribution >= 0.6 is 0 Å². The molecule has 0 saturated carbocycles. The molecular weight excluding hydrogens is 564 g/mol. The van der Waals surface area contributed by atoms with E-state index in [0.29, 0.717) is 23.0 Å². The van der Waals surface area contributed by atoms with Crippen molar-refractivity contribution in [3.63, 3.8) is 0 Å². The lowest BCUT2D eigenvalue weighted by Crippen LogP contribution is -2.43. The van der Waals surface area contributed by atoms with E-state index >= 15 is 0 Å². The molecule has 0 aromatic heterocycles. The van der Waals surface area contributed by atoms with Crippen LogP contribution < -0.4 is 20.3 Å². The number of para-hydroxylation sites is 1. The zero-order valence-corrected chi connectivity index (χ0v) is 23.2. The Morgan fingerprint density at radius 1 is 1.02 bits per heavy atom. The van der Waals surface area contributed by atoms with Crippen LogP contribution in [-0.2, 0) is 21.0 Å². The lowest BCUT2D eigenvalue weighted by molar-refractivity contribution is -0.137. The average molecular weight is 593 g/mol. The van der Waals surface area contributed by atoms with Crippen LogP contribution in [0.15, 0.2) is 60.7 Å². The van der Waals surface area contributed by atoms with Gasteiger partial charge in [-0.1, -0.05) is 38.1 Å². The van der Waals surface area contributed by atoms with Crippen molar-refractivity contribution in [1.82, 2.24) is 5.32 Å². The summed E-state index contributed by atoms with van der Waals surface area (Å²) in [6, 6.07) is 12.2. The number of amides is 3. The predicted molar refractivity (Wildman–Crippen MR) is 149 cm³/mol. The monoisotopic (exact) mass is 592 g/mol. The Labute approximate surface area is 234 Å². The summed E-state index contributed by atoms with van der Waals surface area (Å²) in [5, 5.41) is 4.62. The molecule has 1 fully saturated rings. The molecule has 0 bridgehead atoms. The number of rotatable bonds is 7. The molecule has 3 N–H and O–H groups in total. The molecule has 4 rings (SSSR count). The van der Waals surface area contributed by atoms with Crippen molar-refractivity contribution in [3.8, 4) is 11.1 Å². The fraction of sp³-hybridized carbons (Fsp3) is 0.286. The standard InChI is InChI=1S/C28H28F4N4O4S/c1-16(2)20-14-17(19-6-4-5-7-22(19)35-41(3,39)40)8-11-25(20)36-13-12-24(26(36)37)34-27(38)33-23-10-9-18(15-21(23)29)28(30,31)32/h4-11,14-16,24,35H,12-13H2,1-3H3,(H2,33,34,38)/t24-/m1/s1. The van der Waals surface area contributed by atoms with E-state index in [4.69, 9.17) is 0 Å². The van der Waals surface area contributed by atoms with Gasteiger partial charge in [-0.3, -0.25) is 9.52 Å². The van der Waals surface area contributed by atoms with Gasteiger partial charge in [0.1, 0.15) is 11.9 Å². The number of halogens is 4. The largest absolute Gasteiger partial charge is 0.416 e. The first-order valence-electron chi connectivity index (χ1n) is 12.6. The zero-order chi connectivity index (χ0) is 30.1. The van der Waals surface area contributed by atoms with Crippen LogP contribution in [0, 0.1) is 5.82 Å². The minimum Gasteiger partial charge on any atom is -0.326 e. The van der Waals surface area contributed by atoms with Crippen molar-refractivity contribution in [1.29, 1.82) is 0 Å². The Bertz CT molecular complexity index is 1590. The third-order valence-corrected chi connectivity index (χ3v) is 7.12. The Morgan fingerprint density at radius 2 is 1.73 bits per heavy atom. The number of anilines is 3. The first kappa shape index (κ1) is 29.8. The lowest BCUT2D eigenvalue weighted by Gasteiger charge is -2.24. The third kappa shape index (κ3) is 6.96. The van der Waals surface area contributed by atoms with Crippen LogP contribution in [0.2, 0.25) is 0 Å². The van der Waals surface area contributed by atoms with Gasteiger partial charge in [0, 0.05) is 17.8 Å². The van der Waals surface area contributed by atoms with Crippen molar-refractivity contribution in [3.05, 3.63) is 77.6 Å². The molecule has 0 spiro atoms. The minimum absolute atomic E-state index is 0.0225. The van der Waals surface area contributed by atoms with Gasteiger partial charge in [0.25, 0.3) is 0 Å². The van der Waals surface area contributed by atoms with E-state index in [1.807, 2.05) is 19.9 Å². The highest BCUT2D eigenvalue weighted by Gasteiger charge is 2.35. The Kier molecular flexibility index (Phi) is 8.29. The fourth-order valence-corrected chi connectivity index (χ4v) is 5.19. The molecule has 1 heterocycles. The second-order valence-electron chi connectivity index (χ2n) is 9.97. The van der Waals surface area contributed by atoms with Gasteiger partial charge in [-0.05, 0) is 59.9 Å². The maximum absolute atomic E-state index is 14.1. The summed E-state index contributed by atoms with van der Waals surface area (Å²) in [6.07, 6.45) is -3.41. The smallest absolute Gasteiger partial charge is 0.326 e. The zero-order valence-electron chi connectivity index (χ0n) is 22.3. The number of alkyl halides is 3. The molecule has 3 amide bonds. The summed E-state index contributed by atoms with van der Waals surface area (Å²) in [4.78, 5) is 27.3. The van der Waals surface area contributed by atoms with Gasteiger partial charge in [-0.2, -0.15) is 13.2 Å². The maximum Gasteiger partial charge on any atom is 0.416 e. The van der Waals surface area contributed by atoms with E-state index in [-0.39, 0.29) is 24.9 Å². The van der Waals surface area contributed by atoms with Gasteiger partial charge in [0.15, 0.2) is 0 Å². The SMILES string of the molecule is CC(C)c1cc(-c2ccccc2NS(C)(=O)=O)ccc1N1CC[C@@H](NC(=O)Nc2ccc(C(F)(F)F)cc2F)C1=O. The van der Waals surface area contributed by atoms with E-state index in [9.17, 15) is 35.6 Å². The van der Waals surface area contributed by atoms with Gasteiger partial charge in [0.2, 0.25) is 15.9 Å². The number of hydrogen-bond acceptors (Lipinski definition) is 4. The van der Waals surface area contributed by atoms with Gasteiger partial charge < -0.3 is 15.5 Å². The molecule has 0 radical (unpaired) electrons. The second-order valence-corrected chi connectivity index (χ2v) is 11.7. The number of benzene rings is 3. The van der Waals surface area contributed by atoms with Crippen LogP contribution in [0.3, 0.4) is 0 Å². The Morgan fingerprint density at radius 3 is 2.37 bits per heavy atom. The Hall–Kier alpha value is -4.13. The normalized spacial score (nSPS) is 15.8. The van der Waals surface area contributed by atoms with Crippen molar-refractivity contribution in [2.75, 3.05) is 27.7 Å². The summed E-state index contributed by atoms with van der Waals surface area (Å²) in [6.45, 7) is 4.18. The van der Waals surface area contributed by atoms with Crippen LogP contribution in [0.5, 0.6) is 0 Å². The molecule has 3 aromatic rings. The molecule has 1 aliphatic heterocycles. The molecule has 0 aliphatic carbocycles. The van der Waals surface area contributed by atoms with E-state index in [0.717, 1.165) is 23.4 Å². The number of nitrogens with zero attached hydrogens (tertiary/aromatic N) is 1. The molecule has 8 nitrogen and oxygen atoms in total. The van der Waals surface area contributed by atoms with Crippen LogP contribution in [0.1, 0.15) is 37.3 Å². The number of urea groups is 1. The number of carbonyl (C=O) groups excluding carboxylic acids is 2. The summed E-state index contributed by atoms with van der Waals surface area (Å²) >= 11 is 0. The number of carbonyl (C=O) groups is 2. The summed E-state index contributed by atoms with van der Waals surface area (Å²) in [5.74, 6) is -1.68. The van der Waals surface area contributed by atoms with Crippen molar-refractivity contribution < 1.29 is 35.6 Å². The minimum atomic E-state index is -4.73. The van der Waals surface area contributed by atoms with E-state index in [1.54, 1.807) is 36.4 Å². The number of sulfonamides is 1. The average Bonchev–Trinajstić information content (AvgIpc) is 3.23. The third-order valence-electron chi connectivity index (χ3n) is 6.53. The molecule has 3 aromatic carbocycles. The first-order chi connectivity index (χ1) is 19.1.